The molecule has 0 amide bonds. The van der Waals surface area contributed by atoms with Gasteiger partial charge in [-0.25, -0.2) is 0 Å². The van der Waals surface area contributed by atoms with Crippen LogP contribution in [0.2, 0.25) is 5.02 Å². The summed E-state index contributed by atoms with van der Waals surface area (Å²) in [5.74, 6) is -0.972. The highest BCUT2D eigenvalue weighted by molar-refractivity contribution is 6.30. The minimum Gasteiger partial charge on any atom is -0.480 e. The summed E-state index contributed by atoms with van der Waals surface area (Å²) in [6.07, 6.45) is 0.709. The smallest absolute Gasteiger partial charge is 0.324 e. The highest BCUT2D eigenvalue weighted by Gasteiger charge is 2.31. The van der Waals surface area contributed by atoms with Crippen molar-refractivity contribution >= 4 is 30.0 Å². The number of carboxylic acids is 1. The number of hydrogen-bond donors (Lipinski definition) is 2. The van der Waals surface area contributed by atoms with Crippen molar-refractivity contribution in [1.29, 1.82) is 0 Å². The van der Waals surface area contributed by atoms with Crippen molar-refractivity contribution in [1.82, 2.24) is 0 Å². The van der Waals surface area contributed by atoms with Crippen molar-refractivity contribution in [2.24, 2.45) is 5.73 Å². The fourth-order valence-corrected chi connectivity index (χ4v) is 1.44. The molecule has 1 aromatic rings. The lowest BCUT2D eigenvalue weighted by Gasteiger charge is -2.22. The largest absolute Gasteiger partial charge is 0.480 e. The standard InChI is InChI=1S/C11H14ClNO2.ClH/c1-2-11(13,10(14)15)7-8-3-5-9(12)6-4-8;/h3-6H,2,7,13H2,1H3,(H,14,15);1H. The molecule has 0 bridgehead atoms. The molecule has 3 N–H and O–H groups in total. The number of halogens is 2. The molecule has 0 heterocycles. The number of carboxylic acid groups (broad SMARTS) is 1. The number of aliphatic carboxylic acids is 1. The van der Waals surface area contributed by atoms with E-state index >= 15 is 0 Å². The molecule has 0 saturated heterocycles. The van der Waals surface area contributed by atoms with E-state index in [1.165, 1.54) is 0 Å². The van der Waals surface area contributed by atoms with Crippen molar-refractivity contribution in [3.05, 3.63) is 34.9 Å². The average Bonchev–Trinajstić information content (AvgIpc) is 2.21. The van der Waals surface area contributed by atoms with Crippen LogP contribution in [0.4, 0.5) is 0 Å². The summed E-state index contributed by atoms with van der Waals surface area (Å²) in [4.78, 5) is 11.0. The summed E-state index contributed by atoms with van der Waals surface area (Å²) >= 11 is 5.73. The van der Waals surface area contributed by atoms with Crippen molar-refractivity contribution in [2.45, 2.75) is 25.3 Å². The second kappa shape index (κ2) is 6.09. The van der Waals surface area contributed by atoms with E-state index in [0.29, 0.717) is 17.9 Å². The van der Waals surface area contributed by atoms with Gasteiger partial charge in [0.2, 0.25) is 0 Å². The summed E-state index contributed by atoms with van der Waals surface area (Å²) in [6.45, 7) is 1.77. The first kappa shape index (κ1) is 15.2. The third-order valence-corrected chi connectivity index (χ3v) is 2.74. The predicted molar refractivity (Wildman–Crippen MR) is 67.2 cm³/mol. The van der Waals surface area contributed by atoms with Crippen molar-refractivity contribution in [3.63, 3.8) is 0 Å². The van der Waals surface area contributed by atoms with E-state index < -0.39 is 11.5 Å². The van der Waals surface area contributed by atoms with E-state index in [1.54, 1.807) is 31.2 Å². The first-order chi connectivity index (χ1) is 6.98. The van der Waals surface area contributed by atoms with Crippen LogP contribution in [-0.2, 0) is 11.2 Å². The van der Waals surface area contributed by atoms with Crippen LogP contribution in [0.3, 0.4) is 0 Å². The third kappa shape index (κ3) is 3.67. The fourth-order valence-electron chi connectivity index (χ4n) is 1.32. The summed E-state index contributed by atoms with van der Waals surface area (Å²) < 4.78 is 0. The van der Waals surface area contributed by atoms with Gasteiger partial charge in [0, 0.05) is 11.4 Å². The van der Waals surface area contributed by atoms with Gasteiger partial charge in [0.1, 0.15) is 5.54 Å². The minimum absolute atomic E-state index is 0. The monoisotopic (exact) mass is 263 g/mol. The highest BCUT2D eigenvalue weighted by Crippen LogP contribution is 2.17. The highest BCUT2D eigenvalue weighted by atomic mass is 35.5. The molecule has 1 aromatic carbocycles. The normalized spacial score (nSPS) is 13.7. The second-order valence-corrected chi connectivity index (χ2v) is 4.05. The zero-order valence-electron chi connectivity index (χ0n) is 8.94. The Morgan fingerprint density at radius 1 is 1.44 bits per heavy atom. The molecule has 0 aliphatic rings. The molecule has 1 unspecified atom stereocenters. The fraction of sp³-hybridized carbons (Fsp3) is 0.364. The van der Waals surface area contributed by atoms with Crippen LogP contribution in [0.5, 0.6) is 0 Å². The number of benzene rings is 1. The van der Waals surface area contributed by atoms with Gasteiger partial charge in [-0.3, -0.25) is 4.79 Å². The first-order valence-corrected chi connectivity index (χ1v) is 5.12. The molecule has 3 nitrogen and oxygen atoms in total. The Morgan fingerprint density at radius 3 is 2.31 bits per heavy atom. The topological polar surface area (TPSA) is 63.3 Å². The van der Waals surface area contributed by atoms with Crippen molar-refractivity contribution in [2.75, 3.05) is 0 Å². The van der Waals surface area contributed by atoms with E-state index in [9.17, 15) is 4.79 Å². The summed E-state index contributed by atoms with van der Waals surface area (Å²) in [6, 6.07) is 7.05. The quantitative estimate of drug-likeness (QED) is 0.878. The Labute approximate surface area is 106 Å². The summed E-state index contributed by atoms with van der Waals surface area (Å²) in [5.41, 5.74) is 5.47. The lowest BCUT2D eigenvalue weighted by molar-refractivity contribution is -0.143. The van der Waals surface area contributed by atoms with Crippen LogP contribution < -0.4 is 5.73 Å². The zero-order chi connectivity index (χ0) is 11.5. The average molecular weight is 264 g/mol. The third-order valence-electron chi connectivity index (χ3n) is 2.49. The Morgan fingerprint density at radius 2 is 1.94 bits per heavy atom. The molecule has 5 heteroatoms. The molecule has 0 saturated carbocycles. The van der Waals surface area contributed by atoms with Crippen LogP contribution >= 0.6 is 24.0 Å². The Kier molecular flexibility index (Phi) is 5.79. The molecule has 0 radical (unpaired) electrons. The van der Waals surface area contributed by atoms with E-state index in [-0.39, 0.29) is 12.4 Å². The van der Waals surface area contributed by atoms with Gasteiger partial charge in [0.15, 0.2) is 0 Å². The van der Waals surface area contributed by atoms with Crippen LogP contribution in [0.25, 0.3) is 0 Å². The van der Waals surface area contributed by atoms with Gasteiger partial charge < -0.3 is 10.8 Å². The van der Waals surface area contributed by atoms with Gasteiger partial charge in [-0.05, 0) is 24.1 Å². The van der Waals surface area contributed by atoms with Gasteiger partial charge in [0.05, 0.1) is 0 Å². The molecular weight excluding hydrogens is 249 g/mol. The lowest BCUT2D eigenvalue weighted by Crippen LogP contribution is -2.49. The Balaban J connectivity index is 0.00000225. The van der Waals surface area contributed by atoms with E-state index in [2.05, 4.69) is 0 Å². The first-order valence-electron chi connectivity index (χ1n) is 4.74. The second-order valence-electron chi connectivity index (χ2n) is 3.62. The van der Waals surface area contributed by atoms with Gasteiger partial charge in [-0.2, -0.15) is 0 Å². The Hall–Kier alpha value is -0.770. The van der Waals surface area contributed by atoms with E-state index in [4.69, 9.17) is 22.4 Å². The zero-order valence-corrected chi connectivity index (χ0v) is 10.5. The van der Waals surface area contributed by atoms with Crippen LogP contribution in [-0.4, -0.2) is 16.6 Å². The SMILES string of the molecule is CCC(N)(Cc1ccc(Cl)cc1)C(=O)O.Cl. The maximum Gasteiger partial charge on any atom is 0.324 e. The maximum absolute atomic E-state index is 11.0. The minimum atomic E-state index is -1.19. The maximum atomic E-state index is 11.0. The molecule has 0 spiro atoms. The molecule has 16 heavy (non-hydrogen) atoms. The van der Waals surface area contributed by atoms with Crippen LogP contribution in [0, 0.1) is 0 Å². The predicted octanol–water partition coefficient (Wildman–Crippen LogP) is 2.50. The van der Waals surface area contributed by atoms with E-state index in [1.807, 2.05) is 0 Å². The molecule has 90 valence electrons. The van der Waals surface area contributed by atoms with Crippen molar-refractivity contribution < 1.29 is 9.90 Å². The number of carbonyl (C=O) groups is 1. The van der Waals surface area contributed by atoms with Crippen LogP contribution in [0.15, 0.2) is 24.3 Å². The summed E-state index contributed by atoms with van der Waals surface area (Å²) in [5, 5.41) is 9.63. The molecule has 0 fully saturated rings. The number of nitrogens with two attached hydrogens (primary N) is 1. The van der Waals surface area contributed by atoms with Gasteiger partial charge >= 0.3 is 5.97 Å². The summed E-state index contributed by atoms with van der Waals surface area (Å²) in [7, 11) is 0. The number of hydrogen-bond acceptors (Lipinski definition) is 2. The number of rotatable bonds is 4. The molecule has 0 aliphatic carbocycles. The van der Waals surface area contributed by atoms with Gasteiger partial charge in [-0.15, -0.1) is 12.4 Å². The van der Waals surface area contributed by atoms with Crippen LogP contribution in [0.1, 0.15) is 18.9 Å². The van der Waals surface area contributed by atoms with E-state index in [0.717, 1.165) is 5.56 Å². The van der Waals surface area contributed by atoms with Crippen molar-refractivity contribution in [3.8, 4) is 0 Å². The molecular formula is C11H15Cl2NO2. The lowest BCUT2D eigenvalue weighted by atomic mass is 9.89. The molecule has 1 atom stereocenters. The Bertz CT molecular complexity index is 354. The molecule has 0 aromatic heterocycles. The molecule has 0 aliphatic heterocycles. The van der Waals surface area contributed by atoms with Gasteiger partial charge in [0.25, 0.3) is 0 Å². The van der Waals surface area contributed by atoms with Gasteiger partial charge in [-0.1, -0.05) is 30.7 Å². The molecule has 1 rings (SSSR count).